The predicted octanol–water partition coefficient (Wildman–Crippen LogP) is 0.192. The third-order valence-corrected chi connectivity index (χ3v) is 1.22. The molecule has 7 heavy (non-hydrogen) atoms. The van der Waals surface area contributed by atoms with Crippen LogP contribution in [0.15, 0.2) is 0 Å². The molecule has 2 nitrogen and oxygen atoms in total. The summed E-state index contributed by atoms with van der Waals surface area (Å²) < 4.78 is 2.70. The van der Waals surface area contributed by atoms with Crippen molar-refractivity contribution in [2.45, 2.75) is 19.4 Å². The molecule has 0 spiro atoms. The summed E-state index contributed by atoms with van der Waals surface area (Å²) in [4.78, 5) is 0. The zero-order valence-electron chi connectivity index (χ0n) is 4.39. The van der Waals surface area contributed by atoms with Crippen LogP contribution in [0, 0.1) is 0 Å². The van der Waals surface area contributed by atoms with E-state index in [9.17, 15) is 0 Å². The maximum Gasteiger partial charge on any atom is 0.0446 e. The molecule has 0 fully saturated rings. The topological polar surface area (TPSA) is 32.3 Å². The lowest BCUT2D eigenvalue weighted by atomic mass is 10.3. The summed E-state index contributed by atoms with van der Waals surface area (Å²) in [6.45, 7) is 2.19. The van der Waals surface area contributed by atoms with Gasteiger partial charge in [-0.25, -0.2) is 0 Å². The van der Waals surface area contributed by atoms with E-state index in [0.29, 0.717) is 6.04 Å². The first-order valence-corrected chi connectivity index (χ1v) is 2.76. The summed E-state index contributed by atoms with van der Waals surface area (Å²) in [5, 5.41) is 8.29. The van der Waals surface area contributed by atoms with Crippen molar-refractivity contribution in [2.75, 3.05) is 6.61 Å². The van der Waals surface area contributed by atoms with Crippen LogP contribution in [0.1, 0.15) is 13.3 Å². The molecule has 0 saturated carbocycles. The van der Waals surface area contributed by atoms with E-state index in [2.05, 4.69) is 17.5 Å². The molecule has 0 unspecified atom stereocenters. The normalized spacial score (nSPS) is 14.1. The molecule has 0 aromatic carbocycles. The molecule has 0 radical (unpaired) electrons. The fourth-order valence-corrected chi connectivity index (χ4v) is 0.387. The molecular formula is C4H11NOS. The van der Waals surface area contributed by atoms with Crippen molar-refractivity contribution in [3.63, 3.8) is 0 Å². The summed E-state index contributed by atoms with van der Waals surface area (Å²) in [6.07, 6.45) is 0.767. The van der Waals surface area contributed by atoms with Gasteiger partial charge in [0.05, 0.1) is 0 Å². The molecule has 0 heterocycles. The van der Waals surface area contributed by atoms with Crippen LogP contribution in [0.3, 0.4) is 0 Å². The fraction of sp³-hybridized carbons (Fsp3) is 1.00. The van der Waals surface area contributed by atoms with Crippen molar-refractivity contribution in [3.8, 4) is 0 Å². The predicted molar refractivity (Wildman–Crippen MR) is 33.3 cm³/mol. The van der Waals surface area contributed by atoms with E-state index in [-0.39, 0.29) is 6.61 Å². The number of aliphatic hydroxyl groups excluding tert-OH is 1. The number of aliphatic hydroxyl groups is 1. The minimum atomic E-state index is 0.231. The molecule has 0 aromatic rings. The van der Waals surface area contributed by atoms with Crippen molar-refractivity contribution in [1.82, 2.24) is 4.72 Å². The zero-order chi connectivity index (χ0) is 5.70. The Balaban J connectivity index is 2.83. The van der Waals surface area contributed by atoms with Crippen LogP contribution in [-0.4, -0.2) is 17.8 Å². The standard InChI is InChI=1S/C4H11NOS/c1-4(5-7)2-3-6/h4-7H,2-3H2,1H3/t4-/m0/s1. The lowest BCUT2D eigenvalue weighted by molar-refractivity contribution is 0.276. The average Bonchev–Trinajstić information content (AvgIpc) is 1.68. The molecule has 0 aliphatic heterocycles. The second-order valence-corrected chi connectivity index (χ2v) is 1.80. The molecular weight excluding hydrogens is 110 g/mol. The summed E-state index contributed by atoms with van der Waals surface area (Å²) >= 11 is 3.79. The fourth-order valence-electron chi connectivity index (χ4n) is 0.258. The molecule has 3 heteroatoms. The molecule has 0 aromatic heterocycles. The number of hydrogen-bond donors (Lipinski definition) is 3. The number of hydrogen-bond acceptors (Lipinski definition) is 3. The largest absolute Gasteiger partial charge is 0.396 e. The first kappa shape index (κ1) is 7.27. The van der Waals surface area contributed by atoms with E-state index in [1.807, 2.05) is 6.92 Å². The van der Waals surface area contributed by atoms with Gasteiger partial charge in [-0.3, -0.25) is 4.72 Å². The average molecular weight is 121 g/mol. The van der Waals surface area contributed by atoms with Crippen LogP contribution in [0.5, 0.6) is 0 Å². The lowest BCUT2D eigenvalue weighted by Gasteiger charge is -2.03. The molecule has 1 atom stereocenters. The lowest BCUT2D eigenvalue weighted by Crippen LogP contribution is -2.17. The van der Waals surface area contributed by atoms with Crippen molar-refractivity contribution in [2.24, 2.45) is 0 Å². The SMILES string of the molecule is C[C@@H](CCO)NS. The Hall–Kier alpha value is 0.270. The van der Waals surface area contributed by atoms with Crippen LogP contribution in [0.4, 0.5) is 0 Å². The quantitative estimate of drug-likeness (QED) is 0.466. The Morgan fingerprint density at radius 1 is 1.86 bits per heavy atom. The van der Waals surface area contributed by atoms with Gasteiger partial charge in [0, 0.05) is 12.6 Å². The maximum atomic E-state index is 8.29. The van der Waals surface area contributed by atoms with E-state index in [0.717, 1.165) is 6.42 Å². The number of rotatable bonds is 3. The van der Waals surface area contributed by atoms with E-state index in [1.165, 1.54) is 0 Å². The molecule has 0 amide bonds. The van der Waals surface area contributed by atoms with Gasteiger partial charge in [0.25, 0.3) is 0 Å². The summed E-state index contributed by atoms with van der Waals surface area (Å²) in [7, 11) is 0. The van der Waals surface area contributed by atoms with Crippen LogP contribution in [-0.2, 0) is 0 Å². The van der Waals surface area contributed by atoms with Crippen molar-refractivity contribution < 1.29 is 5.11 Å². The molecule has 0 rings (SSSR count). The van der Waals surface area contributed by atoms with Gasteiger partial charge in [0.1, 0.15) is 0 Å². The summed E-state index contributed by atoms with van der Waals surface area (Å²) in [5.74, 6) is 0. The van der Waals surface area contributed by atoms with Crippen molar-refractivity contribution in [3.05, 3.63) is 0 Å². The van der Waals surface area contributed by atoms with Gasteiger partial charge in [-0.2, -0.15) is 0 Å². The number of thiol groups is 1. The second-order valence-electron chi connectivity index (χ2n) is 1.54. The van der Waals surface area contributed by atoms with E-state index in [1.54, 1.807) is 0 Å². The second kappa shape index (κ2) is 4.43. The first-order chi connectivity index (χ1) is 3.31. The maximum absolute atomic E-state index is 8.29. The Bertz CT molecular complexity index is 42.7. The van der Waals surface area contributed by atoms with Crippen LogP contribution in [0.25, 0.3) is 0 Å². The molecule has 0 bridgehead atoms. The van der Waals surface area contributed by atoms with Gasteiger partial charge >= 0.3 is 0 Å². The Kier molecular flexibility index (Phi) is 4.60. The third kappa shape index (κ3) is 4.12. The highest BCUT2D eigenvalue weighted by molar-refractivity contribution is 7.78. The summed E-state index contributed by atoms with van der Waals surface area (Å²) in [5.41, 5.74) is 0. The third-order valence-electron chi connectivity index (χ3n) is 0.782. The highest BCUT2D eigenvalue weighted by atomic mass is 32.1. The van der Waals surface area contributed by atoms with Gasteiger partial charge in [0.2, 0.25) is 0 Å². The van der Waals surface area contributed by atoms with Gasteiger partial charge in [-0.05, 0) is 13.3 Å². The Labute approximate surface area is 49.5 Å². The number of nitrogens with one attached hydrogen (secondary N) is 1. The smallest absolute Gasteiger partial charge is 0.0446 e. The molecule has 0 saturated heterocycles. The van der Waals surface area contributed by atoms with E-state index < -0.39 is 0 Å². The van der Waals surface area contributed by atoms with Crippen molar-refractivity contribution >= 4 is 12.8 Å². The van der Waals surface area contributed by atoms with Gasteiger partial charge in [0.15, 0.2) is 0 Å². The monoisotopic (exact) mass is 121 g/mol. The molecule has 2 N–H and O–H groups in total. The Morgan fingerprint density at radius 2 is 2.43 bits per heavy atom. The molecule has 44 valence electrons. The van der Waals surface area contributed by atoms with E-state index >= 15 is 0 Å². The highest BCUT2D eigenvalue weighted by Gasteiger charge is 1.92. The Morgan fingerprint density at radius 3 is 2.57 bits per heavy atom. The minimum Gasteiger partial charge on any atom is -0.396 e. The minimum absolute atomic E-state index is 0.231. The van der Waals surface area contributed by atoms with Gasteiger partial charge in [-0.15, -0.1) is 0 Å². The molecule has 0 aliphatic rings. The summed E-state index contributed by atoms with van der Waals surface area (Å²) in [6, 6.07) is 0.313. The first-order valence-electron chi connectivity index (χ1n) is 2.31. The van der Waals surface area contributed by atoms with Crippen molar-refractivity contribution in [1.29, 1.82) is 0 Å². The van der Waals surface area contributed by atoms with E-state index in [4.69, 9.17) is 5.11 Å². The van der Waals surface area contributed by atoms with Gasteiger partial charge in [-0.1, -0.05) is 12.8 Å². The van der Waals surface area contributed by atoms with Crippen LogP contribution in [0.2, 0.25) is 0 Å². The van der Waals surface area contributed by atoms with Crippen LogP contribution >= 0.6 is 12.8 Å². The van der Waals surface area contributed by atoms with Gasteiger partial charge < -0.3 is 5.11 Å². The molecule has 0 aliphatic carbocycles. The zero-order valence-corrected chi connectivity index (χ0v) is 5.28. The van der Waals surface area contributed by atoms with Crippen LogP contribution < -0.4 is 4.72 Å². The highest BCUT2D eigenvalue weighted by Crippen LogP contribution is 1.87.